The van der Waals surface area contributed by atoms with E-state index < -0.39 is 21.9 Å². The molecule has 21 heavy (non-hydrogen) atoms. The molecule has 0 saturated carbocycles. The summed E-state index contributed by atoms with van der Waals surface area (Å²) in [5.41, 5.74) is 0. The van der Waals surface area contributed by atoms with Crippen LogP contribution in [-0.2, 0) is 19.5 Å². The minimum Gasteiger partial charge on any atom is -0.349 e. The average molecular weight is 311 g/mol. The number of nitrogens with one attached hydrogen (secondary N) is 1. The smallest absolute Gasteiger partial charge is 0.240 e. The monoisotopic (exact) mass is 311 g/mol. The minimum atomic E-state index is -3.59. The van der Waals surface area contributed by atoms with Crippen molar-refractivity contribution in [3.8, 4) is 0 Å². The molecule has 1 aliphatic heterocycles. The molecule has 1 N–H and O–H groups in total. The van der Waals surface area contributed by atoms with Gasteiger partial charge in [-0.1, -0.05) is 24.3 Å². The predicted octanol–water partition coefficient (Wildman–Crippen LogP) is 2.06. The third-order valence-electron chi connectivity index (χ3n) is 3.25. The molecule has 116 valence electrons. The van der Waals surface area contributed by atoms with Gasteiger partial charge in [-0.2, -0.15) is 0 Å². The first kappa shape index (κ1) is 16.2. The fourth-order valence-corrected chi connectivity index (χ4v) is 3.50. The Balaban J connectivity index is 2.15. The van der Waals surface area contributed by atoms with Gasteiger partial charge in [0, 0.05) is 0 Å². The van der Waals surface area contributed by atoms with E-state index in [2.05, 4.69) is 11.3 Å². The van der Waals surface area contributed by atoms with Gasteiger partial charge in [0.2, 0.25) is 10.0 Å². The summed E-state index contributed by atoms with van der Waals surface area (Å²) in [5, 5.41) is 0. The Kier molecular flexibility index (Phi) is 4.83. The third kappa shape index (κ3) is 4.14. The van der Waals surface area contributed by atoms with Crippen LogP contribution in [0.4, 0.5) is 0 Å². The van der Waals surface area contributed by atoms with Crippen molar-refractivity contribution < 1.29 is 17.9 Å². The normalized spacial score (nSPS) is 25.4. The molecule has 6 heteroatoms. The molecular weight excluding hydrogens is 290 g/mol. The van der Waals surface area contributed by atoms with Crippen LogP contribution < -0.4 is 4.72 Å². The van der Waals surface area contributed by atoms with Gasteiger partial charge in [0.15, 0.2) is 5.79 Å². The highest BCUT2D eigenvalue weighted by Gasteiger charge is 2.37. The second-order valence-electron chi connectivity index (χ2n) is 5.43. The molecule has 0 aliphatic carbocycles. The largest absolute Gasteiger partial charge is 0.349 e. The molecule has 0 bridgehead atoms. The van der Waals surface area contributed by atoms with Crippen LogP contribution in [0.15, 0.2) is 47.9 Å². The highest BCUT2D eigenvalue weighted by Crippen LogP contribution is 2.25. The van der Waals surface area contributed by atoms with E-state index in [1.165, 1.54) is 0 Å². The first-order valence-electron chi connectivity index (χ1n) is 6.84. The van der Waals surface area contributed by atoms with Crippen molar-refractivity contribution >= 4 is 10.0 Å². The summed E-state index contributed by atoms with van der Waals surface area (Å²) in [7, 11) is -3.59. The molecule has 5 nitrogen and oxygen atoms in total. The summed E-state index contributed by atoms with van der Waals surface area (Å²) >= 11 is 0. The SMILES string of the molecule is C=CC[C@H]1OC(C)(C)OC[C@H]1NS(=O)(=O)c1ccccc1. The fraction of sp³-hybridized carbons (Fsp3) is 0.467. The van der Waals surface area contributed by atoms with E-state index >= 15 is 0 Å². The summed E-state index contributed by atoms with van der Waals surface area (Å²) in [4.78, 5) is 0.229. The van der Waals surface area contributed by atoms with Gasteiger partial charge >= 0.3 is 0 Å². The Hall–Kier alpha value is -1.21. The Morgan fingerprint density at radius 3 is 2.67 bits per heavy atom. The van der Waals surface area contributed by atoms with Crippen molar-refractivity contribution in [1.82, 2.24) is 4.72 Å². The Morgan fingerprint density at radius 1 is 1.38 bits per heavy atom. The lowest BCUT2D eigenvalue weighted by atomic mass is 10.1. The van der Waals surface area contributed by atoms with E-state index in [1.54, 1.807) is 36.4 Å². The molecule has 0 spiro atoms. The van der Waals surface area contributed by atoms with Gasteiger partial charge in [-0.3, -0.25) is 0 Å². The quantitative estimate of drug-likeness (QED) is 0.845. The van der Waals surface area contributed by atoms with E-state index in [0.29, 0.717) is 6.42 Å². The third-order valence-corrected chi connectivity index (χ3v) is 4.76. The van der Waals surface area contributed by atoms with E-state index in [0.717, 1.165) is 0 Å². The highest BCUT2D eigenvalue weighted by molar-refractivity contribution is 7.89. The predicted molar refractivity (Wildman–Crippen MR) is 80.3 cm³/mol. The van der Waals surface area contributed by atoms with E-state index in [1.807, 2.05) is 13.8 Å². The first-order valence-corrected chi connectivity index (χ1v) is 8.32. The molecule has 0 radical (unpaired) electrons. The summed E-state index contributed by atoms with van der Waals surface area (Å²) in [6.07, 6.45) is 1.97. The molecule has 0 unspecified atom stereocenters. The fourth-order valence-electron chi connectivity index (χ4n) is 2.23. The Labute approximate surface area is 126 Å². The van der Waals surface area contributed by atoms with Crippen molar-refractivity contribution in [2.24, 2.45) is 0 Å². The van der Waals surface area contributed by atoms with Crippen LogP contribution >= 0.6 is 0 Å². The zero-order chi connectivity index (χ0) is 15.5. The van der Waals surface area contributed by atoms with Gasteiger partial charge in [-0.15, -0.1) is 6.58 Å². The van der Waals surface area contributed by atoms with Gasteiger partial charge in [-0.05, 0) is 32.4 Å². The van der Waals surface area contributed by atoms with Crippen LogP contribution in [0.25, 0.3) is 0 Å². The van der Waals surface area contributed by atoms with Crippen molar-refractivity contribution in [1.29, 1.82) is 0 Å². The van der Waals surface area contributed by atoms with Gasteiger partial charge in [0.05, 0.1) is 23.6 Å². The summed E-state index contributed by atoms with van der Waals surface area (Å²) in [6.45, 7) is 7.58. The molecule has 2 atom stereocenters. The molecule has 1 aliphatic rings. The van der Waals surface area contributed by atoms with Crippen molar-refractivity contribution in [2.45, 2.75) is 43.1 Å². The molecule has 1 fully saturated rings. The van der Waals surface area contributed by atoms with Gasteiger partial charge < -0.3 is 9.47 Å². The lowest BCUT2D eigenvalue weighted by Gasteiger charge is -2.40. The van der Waals surface area contributed by atoms with E-state index in [-0.39, 0.29) is 17.6 Å². The number of rotatable bonds is 5. The molecule has 1 aromatic carbocycles. The highest BCUT2D eigenvalue weighted by atomic mass is 32.2. The van der Waals surface area contributed by atoms with Crippen LogP contribution in [0.1, 0.15) is 20.3 Å². The van der Waals surface area contributed by atoms with Crippen molar-refractivity contribution in [3.63, 3.8) is 0 Å². The van der Waals surface area contributed by atoms with Crippen LogP contribution in [0.5, 0.6) is 0 Å². The summed E-state index contributed by atoms with van der Waals surface area (Å²) < 4.78 is 38.7. The second kappa shape index (κ2) is 6.27. The molecule has 0 amide bonds. The molecule has 1 aromatic rings. The van der Waals surface area contributed by atoms with Gasteiger partial charge in [0.25, 0.3) is 0 Å². The number of benzene rings is 1. The molecule has 2 rings (SSSR count). The maximum absolute atomic E-state index is 12.4. The zero-order valence-corrected chi connectivity index (χ0v) is 13.1. The van der Waals surface area contributed by atoms with Gasteiger partial charge in [0.1, 0.15) is 0 Å². The minimum absolute atomic E-state index is 0.229. The van der Waals surface area contributed by atoms with Crippen molar-refractivity contribution in [2.75, 3.05) is 6.61 Å². The average Bonchev–Trinajstić information content (AvgIpc) is 2.43. The van der Waals surface area contributed by atoms with Gasteiger partial charge in [-0.25, -0.2) is 13.1 Å². The van der Waals surface area contributed by atoms with E-state index in [4.69, 9.17) is 9.47 Å². The Morgan fingerprint density at radius 2 is 2.05 bits per heavy atom. The number of hydrogen-bond acceptors (Lipinski definition) is 4. The van der Waals surface area contributed by atoms with E-state index in [9.17, 15) is 8.42 Å². The van der Waals surface area contributed by atoms with Crippen LogP contribution in [0.3, 0.4) is 0 Å². The Bertz CT molecular complexity index is 583. The van der Waals surface area contributed by atoms with Crippen LogP contribution in [0, 0.1) is 0 Å². The van der Waals surface area contributed by atoms with Crippen LogP contribution in [0.2, 0.25) is 0 Å². The zero-order valence-electron chi connectivity index (χ0n) is 12.3. The molecule has 1 heterocycles. The topological polar surface area (TPSA) is 64.6 Å². The first-order chi connectivity index (χ1) is 9.84. The number of sulfonamides is 1. The van der Waals surface area contributed by atoms with Crippen LogP contribution in [-0.4, -0.2) is 33.0 Å². The maximum Gasteiger partial charge on any atom is 0.240 e. The molecule has 1 saturated heterocycles. The second-order valence-corrected chi connectivity index (χ2v) is 7.15. The molecular formula is C15H21NO4S. The lowest BCUT2D eigenvalue weighted by Crippen LogP contribution is -2.55. The number of hydrogen-bond donors (Lipinski definition) is 1. The standard InChI is InChI=1S/C15H21NO4S/c1-4-8-14-13(11-19-15(2,3)20-14)16-21(17,18)12-9-6-5-7-10-12/h4-7,9-10,13-14,16H,1,8,11H2,2-3H3/t13-,14-/m1/s1. The number of ether oxygens (including phenoxy) is 2. The van der Waals surface area contributed by atoms with Crippen molar-refractivity contribution in [3.05, 3.63) is 43.0 Å². The lowest BCUT2D eigenvalue weighted by molar-refractivity contribution is -0.279. The summed E-state index contributed by atoms with van der Waals surface area (Å²) in [5.74, 6) is -0.720. The maximum atomic E-state index is 12.4. The summed E-state index contributed by atoms with van der Waals surface area (Å²) in [6, 6.07) is 7.81. The molecule has 0 aromatic heterocycles.